The number of rotatable bonds is 2. The summed E-state index contributed by atoms with van der Waals surface area (Å²) in [5.41, 5.74) is -0.282. The zero-order valence-corrected chi connectivity index (χ0v) is 10.2. The number of nitrogens with one attached hydrogen (secondary N) is 2. The van der Waals surface area contributed by atoms with Crippen LogP contribution in [0, 0.1) is 11.3 Å². The number of alkyl halides is 3. The Morgan fingerprint density at radius 1 is 1.26 bits per heavy atom. The van der Waals surface area contributed by atoms with Crippen LogP contribution in [0.2, 0.25) is 0 Å². The first-order valence-electron chi connectivity index (χ1n) is 6.09. The number of halogens is 3. The van der Waals surface area contributed by atoms with E-state index in [1.165, 1.54) is 6.07 Å². The van der Waals surface area contributed by atoms with Crippen LogP contribution in [0.1, 0.15) is 24.0 Å². The first kappa shape index (κ1) is 13.7. The molecule has 102 valence electrons. The molecule has 19 heavy (non-hydrogen) atoms. The van der Waals surface area contributed by atoms with E-state index in [0.717, 1.165) is 38.1 Å². The third-order valence-electron chi connectivity index (χ3n) is 3.17. The molecule has 2 N–H and O–H groups in total. The fourth-order valence-corrected chi connectivity index (χ4v) is 2.13. The van der Waals surface area contributed by atoms with Gasteiger partial charge in [-0.1, -0.05) is 0 Å². The molecule has 0 amide bonds. The fraction of sp³-hybridized carbons (Fsp3) is 0.462. The van der Waals surface area contributed by atoms with Crippen molar-refractivity contribution in [3.05, 3.63) is 29.3 Å². The van der Waals surface area contributed by atoms with Crippen molar-refractivity contribution in [2.45, 2.75) is 25.1 Å². The molecule has 3 nitrogen and oxygen atoms in total. The Morgan fingerprint density at radius 3 is 2.53 bits per heavy atom. The Hall–Kier alpha value is -1.74. The maximum Gasteiger partial charge on any atom is 0.416 e. The highest BCUT2D eigenvalue weighted by atomic mass is 19.4. The Labute approximate surface area is 109 Å². The summed E-state index contributed by atoms with van der Waals surface area (Å²) in [6.45, 7) is 1.75. The number of benzene rings is 1. The van der Waals surface area contributed by atoms with Crippen LogP contribution in [0.3, 0.4) is 0 Å². The van der Waals surface area contributed by atoms with E-state index in [2.05, 4.69) is 10.6 Å². The van der Waals surface area contributed by atoms with Crippen LogP contribution in [0.4, 0.5) is 18.9 Å². The lowest BCUT2D eigenvalue weighted by molar-refractivity contribution is -0.137. The van der Waals surface area contributed by atoms with Gasteiger partial charge in [-0.25, -0.2) is 0 Å². The lowest BCUT2D eigenvalue weighted by Gasteiger charge is -2.25. The van der Waals surface area contributed by atoms with E-state index in [4.69, 9.17) is 5.26 Å². The van der Waals surface area contributed by atoms with Crippen molar-refractivity contribution in [3.8, 4) is 6.07 Å². The molecule has 0 aromatic heterocycles. The van der Waals surface area contributed by atoms with Crippen molar-refractivity contribution in [2.75, 3.05) is 18.4 Å². The maximum absolute atomic E-state index is 12.6. The van der Waals surface area contributed by atoms with E-state index in [-0.39, 0.29) is 11.6 Å². The van der Waals surface area contributed by atoms with Crippen molar-refractivity contribution in [2.24, 2.45) is 0 Å². The smallest absolute Gasteiger partial charge is 0.381 e. The predicted octanol–water partition coefficient (Wildman–Crippen LogP) is 2.74. The van der Waals surface area contributed by atoms with Crippen molar-refractivity contribution in [3.63, 3.8) is 0 Å². The van der Waals surface area contributed by atoms with Gasteiger partial charge in [0.05, 0.1) is 16.8 Å². The summed E-state index contributed by atoms with van der Waals surface area (Å²) in [5.74, 6) is 0. The molecule has 1 fully saturated rings. The van der Waals surface area contributed by atoms with Crippen molar-refractivity contribution in [1.82, 2.24) is 5.32 Å². The van der Waals surface area contributed by atoms with Gasteiger partial charge in [0, 0.05) is 6.04 Å². The normalized spacial score (nSPS) is 16.9. The third-order valence-corrected chi connectivity index (χ3v) is 3.17. The molecule has 0 spiro atoms. The molecule has 1 aromatic carbocycles. The monoisotopic (exact) mass is 269 g/mol. The summed E-state index contributed by atoms with van der Waals surface area (Å²) >= 11 is 0. The van der Waals surface area contributed by atoms with Gasteiger partial charge in [-0.05, 0) is 44.1 Å². The molecule has 1 aliphatic heterocycles. The van der Waals surface area contributed by atoms with Gasteiger partial charge < -0.3 is 10.6 Å². The topological polar surface area (TPSA) is 47.9 Å². The molecular weight excluding hydrogens is 255 g/mol. The van der Waals surface area contributed by atoms with E-state index < -0.39 is 11.7 Å². The number of nitrogens with zero attached hydrogens (tertiary/aromatic N) is 1. The predicted molar refractivity (Wildman–Crippen MR) is 65.7 cm³/mol. The number of hydrogen-bond acceptors (Lipinski definition) is 3. The van der Waals surface area contributed by atoms with Crippen LogP contribution >= 0.6 is 0 Å². The van der Waals surface area contributed by atoms with Crippen LogP contribution in [0.25, 0.3) is 0 Å². The molecule has 2 rings (SSSR count). The highest BCUT2D eigenvalue weighted by Crippen LogP contribution is 2.32. The fourth-order valence-electron chi connectivity index (χ4n) is 2.13. The second kappa shape index (κ2) is 5.49. The maximum atomic E-state index is 12.6. The van der Waals surface area contributed by atoms with Crippen LogP contribution in [-0.2, 0) is 6.18 Å². The molecule has 0 saturated carbocycles. The first-order valence-corrected chi connectivity index (χ1v) is 6.09. The number of piperidine rings is 1. The highest BCUT2D eigenvalue weighted by Gasteiger charge is 2.31. The summed E-state index contributed by atoms with van der Waals surface area (Å²) in [6.07, 6.45) is -2.63. The molecule has 1 aliphatic rings. The molecule has 1 heterocycles. The Kier molecular flexibility index (Phi) is 3.96. The summed E-state index contributed by atoms with van der Waals surface area (Å²) in [7, 11) is 0. The average molecular weight is 269 g/mol. The van der Waals surface area contributed by atoms with Crippen molar-refractivity contribution in [1.29, 1.82) is 5.26 Å². The van der Waals surface area contributed by atoms with E-state index in [1.807, 2.05) is 6.07 Å². The van der Waals surface area contributed by atoms with Crippen LogP contribution in [0.15, 0.2) is 18.2 Å². The summed E-state index contributed by atoms with van der Waals surface area (Å²) in [5, 5.41) is 15.3. The zero-order chi connectivity index (χ0) is 13.9. The molecule has 0 radical (unpaired) electrons. The van der Waals surface area contributed by atoms with Crippen LogP contribution in [0.5, 0.6) is 0 Å². The molecule has 0 unspecified atom stereocenters. The highest BCUT2D eigenvalue weighted by molar-refractivity contribution is 5.59. The van der Waals surface area contributed by atoms with Gasteiger partial charge in [-0.15, -0.1) is 0 Å². The Balaban J connectivity index is 2.19. The number of hydrogen-bond donors (Lipinski definition) is 2. The van der Waals surface area contributed by atoms with Gasteiger partial charge in [-0.2, -0.15) is 18.4 Å². The first-order chi connectivity index (χ1) is 9.00. The molecule has 1 saturated heterocycles. The minimum atomic E-state index is -4.42. The van der Waals surface area contributed by atoms with Crippen molar-refractivity contribution >= 4 is 5.69 Å². The molecule has 1 aromatic rings. The van der Waals surface area contributed by atoms with Gasteiger partial charge in [0.2, 0.25) is 0 Å². The third kappa shape index (κ3) is 3.38. The molecular formula is C13H14F3N3. The SMILES string of the molecule is N#Cc1cc(C(F)(F)F)ccc1NC1CCNCC1. The van der Waals surface area contributed by atoms with Gasteiger partial charge in [0.25, 0.3) is 0 Å². The van der Waals surface area contributed by atoms with Crippen molar-refractivity contribution < 1.29 is 13.2 Å². The lowest BCUT2D eigenvalue weighted by atomic mass is 10.0. The average Bonchev–Trinajstić information content (AvgIpc) is 2.39. The standard InChI is InChI=1S/C13H14F3N3/c14-13(15,16)10-1-2-12(9(7-10)8-17)19-11-3-5-18-6-4-11/h1-2,7,11,18-19H,3-6H2. The van der Waals surface area contributed by atoms with E-state index in [1.54, 1.807) is 0 Å². The summed E-state index contributed by atoms with van der Waals surface area (Å²) < 4.78 is 37.7. The van der Waals surface area contributed by atoms with Crippen LogP contribution < -0.4 is 10.6 Å². The minimum absolute atomic E-state index is 0.0355. The lowest BCUT2D eigenvalue weighted by Crippen LogP contribution is -2.35. The molecule has 0 aliphatic carbocycles. The van der Waals surface area contributed by atoms with E-state index >= 15 is 0 Å². The summed E-state index contributed by atoms with van der Waals surface area (Å²) in [6, 6.07) is 5.25. The zero-order valence-electron chi connectivity index (χ0n) is 10.2. The van der Waals surface area contributed by atoms with E-state index in [0.29, 0.717) is 5.69 Å². The van der Waals surface area contributed by atoms with Gasteiger partial charge in [0.1, 0.15) is 6.07 Å². The van der Waals surface area contributed by atoms with Crippen LogP contribution in [-0.4, -0.2) is 19.1 Å². The second-order valence-electron chi connectivity index (χ2n) is 4.54. The van der Waals surface area contributed by atoms with Gasteiger partial charge in [0.15, 0.2) is 0 Å². The van der Waals surface area contributed by atoms with E-state index in [9.17, 15) is 13.2 Å². The minimum Gasteiger partial charge on any atom is -0.381 e. The summed E-state index contributed by atoms with van der Waals surface area (Å²) in [4.78, 5) is 0. The quantitative estimate of drug-likeness (QED) is 0.868. The molecule has 0 bridgehead atoms. The van der Waals surface area contributed by atoms with Gasteiger partial charge in [-0.3, -0.25) is 0 Å². The Bertz CT molecular complexity index is 485. The number of nitriles is 1. The molecule has 6 heteroatoms. The number of anilines is 1. The molecule has 0 atom stereocenters. The largest absolute Gasteiger partial charge is 0.416 e. The Morgan fingerprint density at radius 2 is 1.95 bits per heavy atom. The second-order valence-corrected chi connectivity index (χ2v) is 4.54. The van der Waals surface area contributed by atoms with Gasteiger partial charge >= 0.3 is 6.18 Å².